The van der Waals surface area contributed by atoms with Crippen LogP contribution in [0, 0.1) is 5.92 Å². The highest BCUT2D eigenvalue weighted by Gasteiger charge is 2.23. The Morgan fingerprint density at radius 2 is 1.73 bits per heavy atom. The van der Waals surface area contributed by atoms with E-state index in [0.717, 1.165) is 55.4 Å². The average Bonchev–Trinajstić information content (AvgIpc) is 2.76. The normalized spacial score (nSPS) is 14.6. The Balaban J connectivity index is 0.00000450. The van der Waals surface area contributed by atoms with E-state index >= 15 is 0 Å². The van der Waals surface area contributed by atoms with Gasteiger partial charge in [0.05, 0.1) is 21.3 Å². The van der Waals surface area contributed by atoms with Gasteiger partial charge >= 0.3 is 0 Å². The minimum Gasteiger partial charge on any atom is -0.496 e. The number of amides is 1. The van der Waals surface area contributed by atoms with Crippen LogP contribution < -0.4 is 24.8 Å². The van der Waals surface area contributed by atoms with Crippen molar-refractivity contribution in [2.45, 2.75) is 25.7 Å². The van der Waals surface area contributed by atoms with E-state index in [1.165, 1.54) is 0 Å². The summed E-state index contributed by atoms with van der Waals surface area (Å²) in [6, 6.07) is 3.73. The van der Waals surface area contributed by atoms with Crippen molar-refractivity contribution >= 4 is 35.8 Å². The van der Waals surface area contributed by atoms with Gasteiger partial charge in [0.25, 0.3) is 0 Å². The molecule has 2 N–H and O–H groups in total. The molecule has 2 rings (SSSR count). The molecule has 0 spiro atoms. The SMILES string of the molecule is CN=C(NCCc1c(OC)cc(OC)cc1OC)N1CCC(CC(=O)NC)CC1.I. The van der Waals surface area contributed by atoms with Crippen molar-refractivity contribution in [3.63, 3.8) is 0 Å². The summed E-state index contributed by atoms with van der Waals surface area (Å²) < 4.78 is 16.4. The van der Waals surface area contributed by atoms with E-state index in [-0.39, 0.29) is 29.9 Å². The largest absolute Gasteiger partial charge is 0.496 e. The van der Waals surface area contributed by atoms with Gasteiger partial charge in [-0.2, -0.15) is 0 Å². The molecule has 8 nitrogen and oxygen atoms in total. The van der Waals surface area contributed by atoms with Gasteiger partial charge in [-0.05, 0) is 25.2 Å². The molecule has 30 heavy (non-hydrogen) atoms. The van der Waals surface area contributed by atoms with Crippen LogP contribution in [-0.2, 0) is 11.2 Å². The highest BCUT2D eigenvalue weighted by Crippen LogP contribution is 2.34. The molecule has 1 aliphatic heterocycles. The van der Waals surface area contributed by atoms with Crippen LogP contribution in [0.15, 0.2) is 17.1 Å². The summed E-state index contributed by atoms with van der Waals surface area (Å²) >= 11 is 0. The van der Waals surface area contributed by atoms with E-state index in [0.29, 0.717) is 24.6 Å². The summed E-state index contributed by atoms with van der Waals surface area (Å²) in [5.41, 5.74) is 0.989. The van der Waals surface area contributed by atoms with Crippen LogP contribution in [-0.4, -0.2) is 71.8 Å². The molecule has 0 radical (unpaired) electrons. The molecule has 1 fully saturated rings. The third kappa shape index (κ3) is 7.10. The van der Waals surface area contributed by atoms with E-state index in [2.05, 4.69) is 20.5 Å². The number of benzene rings is 1. The van der Waals surface area contributed by atoms with Crippen molar-refractivity contribution in [3.05, 3.63) is 17.7 Å². The van der Waals surface area contributed by atoms with Gasteiger partial charge in [-0.15, -0.1) is 24.0 Å². The number of aliphatic imine (C=N–C) groups is 1. The Morgan fingerprint density at radius 1 is 1.13 bits per heavy atom. The van der Waals surface area contributed by atoms with E-state index in [1.54, 1.807) is 35.4 Å². The first-order valence-electron chi connectivity index (χ1n) is 10.0. The number of halogens is 1. The number of guanidine groups is 1. The average molecular weight is 534 g/mol. The summed E-state index contributed by atoms with van der Waals surface area (Å²) in [7, 11) is 8.40. The van der Waals surface area contributed by atoms with Crippen LogP contribution >= 0.6 is 24.0 Å². The number of methoxy groups -OCH3 is 3. The number of nitrogens with zero attached hydrogens (tertiary/aromatic N) is 2. The number of nitrogens with one attached hydrogen (secondary N) is 2. The highest BCUT2D eigenvalue weighted by atomic mass is 127. The number of carbonyl (C=O) groups excluding carboxylic acids is 1. The zero-order valence-electron chi connectivity index (χ0n) is 18.6. The number of hydrogen-bond donors (Lipinski definition) is 2. The Kier molecular flexibility index (Phi) is 11.7. The zero-order chi connectivity index (χ0) is 21.2. The molecule has 0 atom stereocenters. The van der Waals surface area contributed by atoms with Crippen LogP contribution in [0.5, 0.6) is 17.2 Å². The van der Waals surface area contributed by atoms with Gasteiger partial charge in [-0.3, -0.25) is 9.79 Å². The van der Waals surface area contributed by atoms with Crippen LogP contribution in [0.4, 0.5) is 0 Å². The fourth-order valence-electron chi connectivity index (χ4n) is 3.67. The van der Waals surface area contributed by atoms with Crippen molar-refractivity contribution in [1.82, 2.24) is 15.5 Å². The molecule has 0 aliphatic carbocycles. The highest BCUT2D eigenvalue weighted by molar-refractivity contribution is 14.0. The minimum atomic E-state index is 0. The van der Waals surface area contributed by atoms with E-state index in [1.807, 2.05) is 12.1 Å². The lowest BCUT2D eigenvalue weighted by atomic mass is 9.93. The summed E-state index contributed by atoms with van der Waals surface area (Å²) in [5.74, 6) is 3.63. The molecule has 1 amide bonds. The molecule has 9 heteroatoms. The number of piperidine rings is 1. The molecule has 1 saturated heterocycles. The Bertz CT molecular complexity index is 681. The minimum absolute atomic E-state index is 0. The van der Waals surface area contributed by atoms with Gasteiger partial charge in [0.15, 0.2) is 5.96 Å². The van der Waals surface area contributed by atoms with E-state index in [9.17, 15) is 4.79 Å². The van der Waals surface area contributed by atoms with Gasteiger partial charge in [0.1, 0.15) is 17.2 Å². The predicted octanol–water partition coefficient (Wildman–Crippen LogP) is 2.30. The third-order valence-corrected chi connectivity index (χ3v) is 5.35. The fraction of sp³-hybridized carbons (Fsp3) is 0.619. The standard InChI is InChI=1S/C21H34N4O4.HI/c1-22-20(26)12-15-7-10-25(11-8-15)21(23-2)24-9-6-17-18(28-4)13-16(27-3)14-19(17)29-5;/h13-15H,6-12H2,1-5H3,(H,22,26)(H,23,24);1H. The second kappa shape index (κ2) is 13.4. The van der Waals surface area contributed by atoms with Crippen LogP contribution in [0.2, 0.25) is 0 Å². The van der Waals surface area contributed by atoms with Crippen molar-refractivity contribution in [3.8, 4) is 17.2 Å². The first-order chi connectivity index (χ1) is 14.1. The van der Waals surface area contributed by atoms with Crippen LogP contribution in [0.1, 0.15) is 24.8 Å². The molecule has 1 heterocycles. The number of likely N-dealkylation sites (tertiary alicyclic amines) is 1. The maximum atomic E-state index is 11.6. The summed E-state index contributed by atoms with van der Waals surface area (Å²) in [4.78, 5) is 18.3. The number of carbonyl (C=O) groups is 1. The zero-order valence-corrected chi connectivity index (χ0v) is 20.9. The maximum absolute atomic E-state index is 11.6. The van der Waals surface area contributed by atoms with Gasteiger partial charge < -0.3 is 29.7 Å². The van der Waals surface area contributed by atoms with Crippen LogP contribution in [0.25, 0.3) is 0 Å². The smallest absolute Gasteiger partial charge is 0.220 e. The van der Waals surface area contributed by atoms with Crippen molar-refractivity contribution in [2.24, 2.45) is 10.9 Å². The van der Waals surface area contributed by atoms with Gasteiger partial charge in [-0.25, -0.2) is 0 Å². The second-order valence-corrected chi connectivity index (χ2v) is 7.04. The molecule has 170 valence electrons. The van der Waals surface area contributed by atoms with Gasteiger partial charge in [0, 0.05) is 57.8 Å². The van der Waals surface area contributed by atoms with Gasteiger partial charge in [0.2, 0.25) is 5.91 Å². The molecular weight excluding hydrogens is 499 g/mol. The Hall–Kier alpha value is -1.91. The van der Waals surface area contributed by atoms with Gasteiger partial charge in [-0.1, -0.05) is 0 Å². The molecule has 0 aromatic heterocycles. The molecular formula is C21H35IN4O4. The number of rotatable bonds is 8. The Labute approximate surface area is 196 Å². The summed E-state index contributed by atoms with van der Waals surface area (Å²) in [6.07, 6.45) is 3.32. The Morgan fingerprint density at radius 3 is 2.20 bits per heavy atom. The predicted molar refractivity (Wildman–Crippen MR) is 130 cm³/mol. The van der Waals surface area contributed by atoms with E-state index < -0.39 is 0 Å². The maximum Gasteiger partial charge on any atom is 0.220 e. The molecule has 0 bridgehead atoms. The fourth-order valence-corrected chi connectivity index (χ4v) is 3.67. The first kappa shape index (κ1) is 26.1. The molecule has 0 saturated carbocycles. The molecule has 1 aromatic carbocycles. The monoisotopic (exact) mass is 534 g/mol. The molecule has 0 unspecified atom stereocenters. The quantitative estimate of drug-likeness (QED) is 0.303. The number of ether oxygens (including phenoxy) is 3. The molecule has 1 aliphatic rings. The van der Waals surface area contributed by atoms with Crippen molar-refractivity contribution in [1.29, 1.82) is 0 Å². The van der Waals surface area contributed by atoms with Crippen LogP contribution in [0.3, 0.4) is 0 Å². The lowest BCUT2D eigenvalue weighted by Crippen LogP contribution is -2.46. The lowest BCUT2D eigenvalue weighted by Gasteiger charge is -2.34. The summed E-state index contributed by atoms with van der Waals surface area (Å²) in [5, 5.41) is 6.15. The molecule has 1 aromatic rings. The third-order valence-electron chi connectivity index (χ3n) is 5.35. The lowest BCUT2D eigenvalue weighted by molar-refractivity contribution is -0.121. The summed E-state index contributed by atoms with van der Waals surface area (Å²) in [6.45, 7) is 2.50. The van der Waals surface area contributed by atoms with Crippen molar-refractivity contribution < 1.29 is 19.0 Å². The van der Waals surface area contributed by atoms with E-state index in [4.69, 9.17) is 14.2 Å². The second-order valence-electron chi connectivity index (χ2n) is 7.04. The number of hydrogen-bond acceptors (Lipinski definition) is 5. The first-order valence-corrected chi connectivity index (χ1v) is 10.0. The van der Waals surface area contributed by atoms with Crippen molar-refractivity contribution in [2.75, 3.05) is 55.1 Å². The topological polar surface area (TPSA) is 84.4 Å².